The van der Waals surface area contributed by atoms with E-state index in [1.54, 1.807) is 26.8 Å². The standard InChI is InChI=1S/C19H29NO9S2/c1-11(21)27-9-14-16(28-12(2)22)15(7-8-26-14)31-30-10-13(17(23)25-6)20-18(24)29-19(3,4)5/h7-8,13-16H,9-10H2,1-6H3,(H,20,24)/t13?,14?,15-,16-/m1/s1. The van der Waals surface area contributed by atoms with Gasteiger partial charge in [-0.15, -0.1) is 0 Å². The van der Waals surface area contributed by atoms with Crippen molar-refractivity contribution in [3.8, 4) is 0 Å². The SMILES string of the molecule is COC(=O)C(CSS[C@@H]1C=COC(COC(C)=O)[C@H]1OC(C)=O)NC(=O)OC(C)(C)C. The molecule has 2 unspecified atom stereocenters. The van der Waals surface area contributed by atoms with Gasteiger partial charge in [0, 0.05) is 19.6 Å². The van der Waals surface area contributed by atoms with E-state index in [9.17, 15) is 19.2 Å². The van der Waals surface area contributed by atoms with Crippen LogP contribution in [0.25, 0.3) is 0 Å². The van der Waals surface area contributed by atoms with E-state index in [0.717, 1.165) is 0 Å². The molecule has 0 aromatic carbocycles. The Kier molecular flexibility index (Phi) is 11.0. The third-order valence-corrected chi connectivity index (χ3v) is 6.29. The summed E-state index contributed by atoms with van der Waals surface area (Å²) in [5, 5.41) is 2.15. The molecule has 0 radical (unpaired) electrons. The Labute approximate surface area is 189 Å². The molecule has 1 aliphatic rings. The predicted molar refractivity (Wildman–Crippen MR) is 115 cm³/mol. The number of alkyl carbamates (subject to hydrolysis) is 1. The molecule has 4 atom stereocenters. The minimum Gasteiger partial charge on any atom is -0.491 e. The smallest absolute Gasteiger partial charge is 0.408 e. The highest BCUT2D eigenvalue weighted by Gasteiger charge is 2.37. The van der Waals surface area contributed by atoms with Crippen molar-refractivity contribution in [1.29, 1.82) is 0 Å². The molecule has 1 rings (SSSR count). The number of rotatable bonds is 9. The van der Waals surface area contributed by atoms with Crippen LogP contribution in [0.4, 0.5) is 4.79 Å². The van der Waals surface area contributed by atoms with Gasteiger partial charge in [-0.05, 0) is 26.8 Å². The summed E-state index contributed by atoms with van der Waals surface area (Å²) in [7, 11) is 3.81. The lowest BCUT2D eigenvalue weighted by Gasteiger charge is -2.33. The maximum absolute atomic E-state index is 12.0. The number of esters is 3. The summed E-state index contributed by atoms with van der Waals surface area (Å²) in [5.41, 5.74) is -0.715. The van der Waals surface area contributed by atoms with Crippen LogP contribution in [0.5, 0.6) is 0 Å². The summed E-state index contributed by atoms with van der Waals surface area (Å²) >= 11 is 0. The molecular formula is C19H29NO9S2. The number of nitrogens with one attached hydrogen (secondary N) is 1. The Balaban J connectivity index is 2.74. The fraction of sp³-hybridized carbons (Fsp3) is 0.684. The van der Waals surface area contributed by atoms with Gasteiger partial charge < -0.3 is 29.0 Å². The maximum Gasteiger partial charge on any atom is 0.408 e. The number of carbonyl (C=O) groups is 4. The normalized spacial score (nSPS) is 21.3. The average Bonchev–Trinajstić information content (AvgIpc) is 2.64. The summed E-state index contributed by atoms with van der Waals surface area (Å²) in [5.74, 6) is -1.44. The first-order chi connectivity index (χ1) is 14.4. The Bertz CT molecular complexity index is 678. The Hall–Kier alpha value is -2.08. The van der Waals surface area contributed by atoms with Crippen molar-refractivity contribution in [2.24, 2.45) is 0 Å². The van der Waals surface area contributed by atoms with Gasteiger partial charge in [0.05, 0.1) is 18.6 Å². The van der Waals surface area contributed by atoms with Crippen LogP contribution < -0.4 is 5.32 Å². The molecule has 31 heavy (non-hydrogen) atoms. The van der Waals surface area contributed by atoms with E-state index in [0.29, 0.717) is 0 Å². The van der Waals surface area contributed by atoms with Crippen molar-refractivity contribution in [3.05, 3.63) is 12.3 Å². The van der Waals surface area contributed by atoms with E-state index in [1.165, 1.54) is 48.8 Å². The van der Waals surface area contributed by atoms with Gasteiger partial charge in [-0.2, -0.15) is 0 Å². The number of carbonyl (C=O) groups excluding carboxylic acids is 4. The first kappa shape index (κ1) is 27.0. The molecule has 1 heterocycles. The first-order valence-electron chi connectivity index (χ1n) is 9.41. The van der Waals surface area contributed by atoms with Gasteiger partial charge in [0.25, 0.3) is 0 Å². The van der Waals surface area contributed by atoms with Crippen LogP contribution >= 0.6 is 21.6 Å². The van der Waals surface area contributed by atoms with Crippen molar-refractivity contribution in [3.63, 3.8) is 0 Å². The van der Waals surface area contributed by atoms with E-state index in [-0.39, 0.29) is 17.6 Å². The van der Waals surface area contributed by atoms with Crippen LogP contribution in [0.3, 0.4) is 0 Å². The zero-order valence-corrected chi connectivity index (χ0v) is 20.0. The molecule has 1 N–H and O–H groups in total. The van der Waals surface area contributed by atoms with E-state index in [2.05, 4.69) is 5.32 Å². The Morgan fingerprint density at radius 2 is 1.84 bits per heavy atom. The van der Waals surface area contributed by atoms with Crippen LogP contribution in [0.1, 0.15) is 34.6 Å². The minimum absolute atomic E-state index is 0.0790. The molecule has 0 bridgehead atoms. The van der Waals surface area contributed by atoms with Crippen LogP contribution in [-0.2, 0) is 38.1 Å². The largest absolute Gasteiger partial charge is 0.491 e. The highest BCUT2D eigenvalue weighted by Crippen LogP contribution is 2.35. The van der Waals surface area contributed by atoms with Crippen molar-refractivity contribution >= 4 is 45.6 Å². The first-order valence-corrected chi connectivity index (χ1v) is 11.8. The second-order valence-electron chi connectivity index (χ2n) is 7.45. The van der Waals surface area contributed by atoms with Crippen LogP contribution in [0, 0.1) is 0 Å². The molecule has 12 heteroatoms. The fourth-order valence-electron chi connectivity index (χ4n) is 2.32. The lowest BCUT2D eigenvalue weighted by atomic mass is 10.1. The lowest BCUT2D eigenvalue weighted by Crippen LogP contribution is -2.46. The van der Waals surface area contributed by atoms with Crippen molar-refractivity contribution in [1.82, 2.24) is 5.32 Å². The van der Waals surface area contributed by atoms with Gasteiger partial charge in [-0.3, -0.25) is 9.59 Å². The third-order valence-electron chi connectivity index (χ3n) is 3.56. The quantitative estimate of drug-likeness (QED) is 0.297. The molecule has 0 fully saturated rings. The molecule has 10 nitrogen and oxygen atoms in total. The molecular weight excluding hydrogens is 450 g/mol. The Morgan fingerprint density at radius 1 is 1.16 bits per heavy atom. The van der Waals surface area contributed by atoms with Gasteiger partial charge in [0.15, 0.2) is 12.2 Å². The van der Waals surface area contributed by atoms with Crippen LogP contribution in [0.2, 0.25) is 0 Å². The monoisotopic (exact) mass is 479 g/mol. The molecule has 1 aliphatic heterocycles. The number of methoxy groups -OCH3 is 1. The van der Waals surface area contributed by atoms with Crippen molar-refractivity contribution < 1.29 is 42.9 Å². The predicted octanol–water partition coefficient (Wildman–Crippen LogP) is 2.21. The van der Waals surface area contributed by atoms with E-state index >= 15 is 0 Å². The zero-order valence-electron chi connectivity index (χ0n) is 18.4. The number of amides is 1. The molecule has 176 valence electrons. The van der Waals surface area contributed by atoms with Crippen LogP contribution in [-0.4, -0.2) is 72.6 Å². The molecule has 1 amide bonds. The fourth-order valence-corrected chi connectivity index (χ4v) is 5.02. The van der Waals surface area contributed by atoms with Gasteiger partial charge in [-0.1, -0.05) is 21.6 Å². The highest BCUT2D eigenvalue weighted by atomic mass is 33.1. The maximum atomic E-state index is 12.0. The minimum atomic E-state index is -0.940. The summed E-state index contributed by atoms with van der Waals surface area (Å²) in [6, 6.07) is -0.940. The highest BCUT2D eigenvalue weighted by molar-refractivity contribution is 8.77. The zero-order chi connectivity index (χ0) is 23.6. The van der Waals surface area contributed by atoms with Gasteiger partial charge >= 0.3 is 24.0 Å². The molecule has 0 spiro atoms. The second kappa shape index (κ2) is 12.7. The average molecular weight is 480 g/mol. The van der Waals surface area contributed by atoms with Gasteiger partial charge in [0.1, 0.15) is 18.2 Å². The van der Waals surface area contributed by atoms with Gasteiger partial charge in [-0.25, -0.2) is 9.59 Å². The summed E-state index contributed by atoms with van der Waals surface area (Å²) < 4.78 is 25.7. The molecule has 0 saturated heterocycles. The Morgan fingerprint density at radius 3 is 2.39 bits per heavy atom. The summed E-state index contributed by atoms with van der Waals surface area (Å²) in [4.78, 5) is 46.7. The van der Waals surface area contributed by atoms with Crippen molar-refractivity contribution in [2.45, 2.75) is 63.7 Å². The number of hydrogen-bond donors (Lipinski definition) is 1. The third kappa shape index (κ3) is 10.7. The molecule has 0 aromatic heterocycles. The molecule has 0 saturated carbocycles. The summed E-state index contributed by atoms with van der Waals surface area (Å²) in [6.45, 7) is 7.60. The number of hydrogen-bond acceptors (Lipinski definition) is 11. The van der Waals surface area contributed by atoms with Crippen LogP contribution in [0.15, 0.2) is 12.3 Å². The molecule has 0 aliphatic carbocycles. The molecule has 0 aromatic rings. The second-order valence-corrected chi connectivity index (χ2v) is 10.0. The summed E-state index contributed by atoms with van der Waals surface area (Å²) in [6.07, 6.45) is 1.02. The number of ether oxygens (including phenoxy) is 5. The van der Waals surface area contributed by atoms with Crippen molar-refractivity contribution in [2.75, 3.05) is 19.5 Å². The van der Waals surface area contributed by atoms with E-state index in [4.69, 9.17) is 23.7 Å². The van der Waals surface area contributed by atoms with Gasteiger partial charge in [0.2, 0.25) is 0 Å². The van der Waals surface area contributed by atoms with E-state index < -0.39 is 47.9 Å². The van der Waals surface area contributed by atoms with E-state index in [1.807, 2.05) is 0 Å². The topological polar surface area (TPSA) is 126 Å². The lowest BCUT2D eigenvalue weighted by molar-refractivity contribution is -0.159.